The molecular weight excluding hydrogens is 283 g/mol. The van der Waals surface area contributed by atoms with Crippen LogP contribution in [0.15, 0.2) is 42.6 Å². The van der Waals surface area contributed by atoms with Crippen LogP contribution in [0.2, 0.25) is 0 Å². The van der Waals surface area contributed by atoms with Gasteiger partial charge in [-0.3, -0.25) is 4.79 Å². The Labute approximate surface area is 117 Å². The van der Waals surface area contributed by atoms with E-state index in [9.17, 15) is 18.0 Å². The zero-order valence-corrected chi connectivity index (χ0v) is 10.5. The number of nitrogens with one attached hydrogen (secondary N) is 1. The molecule has 106 valence electrons. The second-order valence-electron chi connectivity index (χ2n) is 4.08. The summed E-state index contributed by atoms with van der Waals surface area (Å²) in [5.74, 6) is -0.654. The minimum absolute atomic E-state index is 0.00594. The molecule has 0 aliphatic heterocycles. The van der Waals surface area contributed by atoms with Gasteiger partial charge in [0.05, 0.1) is 11.1 Å². The van der Waals surface area contributed by atoms with Gasteiger partial charge in [-0.25, -0.2) is 4.98 Å². The van der Waals surface area contributed by atoms with Crippen molar-refractivity contribution >= 4 is 11.6 Å². The van der Waals surface area contributed by atoms with Crippen molar-refractivity contribution in [1.29, 1.82) is 5.26 Å². The molecule has 0 aliphatic carbocycles. The normalized spacial score (nSPS) is 10.8. The lowest BCUT2D eigenvalue weighted by Crippen LogP contribution is -2.14. The maximum atomic E-state index is 12.6. The van der Waals surface area contributed by atoms with Gasteiger partial charge < -0.3 is 5.32 Å². The summed E-state index contributed by atoms with van der Waals surface area (Å²) in [5, 5.41) is 10.9. The molecule has 2 rings (SSSR count). The van der Waals surface area contributed by atoms with Crippen LogP contribution < -0.4 is 5.32 Å². The van der Waals surface area contributed by atoms with Crippen molar-refractivity contribution in [2.75, 3.05) is 5.32 Å². The summed E-state index contributed by atoms with van der Waals surface area (Å²) in [6.07, 6.45) is -3.27. The van der Waals surface area contributed by atoms with E-state index in [1.165, 1.54) is 30.5 Å². The summed E-state index contributed by atoms with van der Waals surface area (Å²) in [6.45, 7) is 0. The topological polar surface area (TPSA) is 65.8 Å². The molecule has 1 amide bonds. The number of benzene rings is 1. The molecule has 0 saturated heterocycles. The van der Waals surface area contributed by atoms with Crippen molar-refractivity contribution in [3.8, 4) is 6.07 Å². The predicted octanol–water partition coefficient (Wildman–Crippen LogP) is 3.22. The third-order valence-corrected chi connectivity index (χ3v) is 2.57. The summed E-state index contributed by atoms with van der Waals surface area (Å²) in [7, 11) is 0. The maximum absolute atomic E-state index is 12.6. The number of rotatable bonds is 2. The summed E-state index contributed by atoms with van der Waals surface area (Å²) in [4.78, 5) is 15.6. The summed E-state index contributed by atoms with van der Waals surface area (Å²) in [5.41, 5.74) is -0.550. The first kappa shape index (κ1) is 14.5. The molecule has 1 heterocycles. The highest BCUT2D eigenvalue weighted by Gasteiger charge is 2.30. The standard InChI is InChI=1S/C14H8F3N3O/c15-14(16,17)10-2-1-3-11(6-10)20-13(21)12-5-4-9(7-18)8-19-12/h1-6,8H,(H,20,21). The van der Waals surface area contributed by atoms with Crippen molar-refractivity contribution in [3.63, 3.8) is 0 Å². The van der Waals surface area contributed by atoms with Gasteiger partial charge in [-0.15, -0.1) is 0 Å². The van der Waals surface area contributed by atoms with E-state index in [4.69, 9.17) is 5.26 Å². The molecule has 0 saturated carbocycles. The second kappa shape index (κ2) is 5.63. The lowest BCUT2D eigenvalue weighted by Gasteiger charge is -2.09. The van der Waals surface area contributed by atoms with Crippen molar-refractivity contribution in [1.82, 2.24) is 4.98 Å². The average Bonchev–Trinajstić information content (AvgIpc) is 2.47. The van der Waals surface area contributed by atoms with Crippen LogP contribution in [-0.4, -0.2) is 10.9 Å². The first-order valence-corrected chi connectivity index (χ1v) is 5.75. The number of halogens is 3. The van der Waals surface area contributed by atoms with E-state index in [1.54, 1.807) is 0 Å². The molecule has 4 nitrogen and oxygen atoms in total. The number of hydrogen-bond donors (Lipinski definition) is 1. The highest BCUT2D eigenvalue weighted by molar-refractivity contribution is 6.02. The molecule has 0 unspecified atom stereocenters. The van der Waals surface area contributed by atoms with Crippen molar-refractivity contribution in [2.45, 2.75) is 6.18 Å². The van der Waals surface area contributed by atoms with Gasteiger partial charge in [0.1, 0.15) is 11.8 Å². The van der Waals surface area contributed by atoms with E-state index in [2.05, 4.69) is 10.3 Å². The molecule has 1 aromatic heterocycles. The number of carbonyl (C=O) groups excluding carboxylic acids is 1. The highest BCUT2D eigenvalue weighted by Crippen LogP contribution is 2.30. The Bertz CT molecular complexity index is 703. The zero-order chi connectivity index (χ0) is 15.5. The number of hydrogen-bond acceptors (Lipinski definition) is 3. The number of aromatic nitrogens is 1. The largest absolute Gasteiger partial charge is 0.416 e. The number of amides is 1. The van der Waals surface area contributed by atoms with Gasteiger partial charge in [0.25, 0.3) is 5.91 Å². The molecule has 0 aliphatic rings. The maximum Gasteiger partial charge on any atom is 0.416 e. The second-order valence-corrected chi connectivity index (χ2v) is 4.08. The Kier molecular flexibility index (Phi) is 3.89. The fourth-order valence-electron chi connectivity index (χ4n) is 1.56. The smallest absolute Gasteiger partial charge is 0.321 e. The van der Waals surface area contributed by atoms with Crippen molar-refractivity contribution in [3.05, 3.63) is 59.4 Å². The third kappa shape index (κ3) is 3.57. The van der Waals surface area contributed by atoms with Gasteiger partial charge in [0.2, 0.25) is 0 Å². The van der Waals surface area contributed by atoms with Crippen LogP contribution in [0, 0.1) is 11.3 Å². The Morgan fingerprint density at radius 1 is 1.24 bits per heavy atom. The van der Waals surface area contributed by atoms with Gasteiger partial charge in [0, 0.05) is 11.9 Å². The minimum Gasteiger partial charge on any atom is -0.321 e. The van der Waals surface area contributed by atoms with Crippen LogP contribution in [0.3, 0.4) is 0 Å². The van der Waals surface area contributed by atoms with E-state index < -0.39 is 17.6 Å². The van der Waals surface area contributed by atoms with Crippen LogP contribution in [0.1, 0.15) is 21.6 Å². The first-order valence-electron chi connectivity index (χ1n) is 5.75. The fourth-order valence-corrected chi connectivity index (χ4v) is 1.56. The highest BCUT2D eigenvalue weighted by atomic mass is 19.4. The zero-order valence-electron chi connectivity index (χ0n) is 10.5. The molecule has 7 heteroatoms. The SMILES string of the molecule is N#Cc1ccc(C(=O)Nc2cccc(C(F)(F)F)c2)nc1. The molecule has 0 spiro atoms. The molecule has 0 atom stereocenters. The van der Waals surface area contributed by atoms with Crippen LogP contribution in [0.5, 0.6) is 0 Å². The van der Waals surface area contributed by atoms with Crippen LogP contribution in [0.4, 0.5) is 18.9 Å². The molecule has 2 aromatic rings. The predicted molar refractivity (Wildman–Crippen MR) is 68.3 cm³/mol. The van der Waals surface area contributed by atoms with Gasteiger partial charge in [-0.2, -0.15) is 18.4 Å². The van der Waals surface area contributed by atoms with Gasteiger partial charge in [0.15, 0.2) is 0 Å². The van der Waals surface area contributed by atoms with E-state index in [0.717, 1.165) is 12.1 Å². The fraction of sp³-hybridized carbons (Fsp3) is 0.0714. The van der Waals surface area contributed by atoms with Gasteiger partial charge >= 0.3 is 6.18 Å². The number of pyridine rings is 1. The Morgan fingerprint density at radius 2 is 2.00 bits per heavy atom. The van der Waals surface area contributed by atoms with Crippen LogP contribution >= 0.6 is 0 Å². The Hall–Kier alpha value is -2.88. The number of anilines is 1. The third-order valence-electron chi connectivity index (χ3n) is 2.57. The van der Waals surface area contributed by atoms with Gasteiger partial charge in [-0.1, -0.05) is 6.07 Å². The average molecular weight is 291 g/mol. The van der Waals surface area contributed by atoms with E-state index >= 15 is 0 Å². The van der Waals surface area contributed by atoms with Gasteiger partial charge in [-0.05, 0) is 30.3 Å². The first-order chi connectivity index (χ1) is 9.90. The number of alkyl halides is 3. The lowest BCUT2D eigenvalue weighted by molar-refractivity contribution is -0.137. The molecule has 1 N–H and O–H groups in total. The van der Waals surface area contributed by atoms with Crippen LogP contribution in [-0.2, 0) is 6.18 Å². The van der Waals surface area contributed by atoms with E-state index in [0.29, 0.717) is 0 Å². The van der Waals surface area contributed by atoms with Crippen LogP contribution in [0.25, 0.3) is 0 Å². The molecule has 0 radical (unpaired) electrons. The molecule has 0 fully saturated rings. The minimum atomic E-state index is -4.48. The molecular formula is C14H8F3N3O. The van der Waals surface area contributed by atoms with Crippen molar-refractivity contribution < 1.29 is 18.0 Å². The number of carbonyl (C=O) groups is 1. The lowest BCUT2D eigenvalue weighted by atomic mass is 10.2. The monoisotopic (exact) mass is 291 g/mol. The molecule has 1 aromatic carbocycles. The summed E-state index contributed by atoms with van der Waals surface area (Å²) >= 11 is 0. The quantitative estimate of drug-likeness (QED) is 0.923. The van der Waals surface area contributed by atoms with E-state index in [1.807, 2.05) is 6.07 Å². The summed E-state index contributed by atoms with van der Waals surface area (Å²) < 4.78 is 37.7. The molecule has 21 heavy (non-hydrogen) atoms. The van der Waals surface area contributed by atoms with E-state index in [-0.39, 0.29) is 16.9 Å². The van der Waals surface area contributed by atoms with Crippen molar-refractivity contribution in [2.24, 2.45) is 0 Å². The number of nitrogens with zero attached hydrogens (tertiary/aromatic N) is 2. The number of nitriles is 1. The Balaban J connectivity index is 2.18. The Morgan fingerprint density at radius 3 is 2.57 bits per heavy atom. The molecule has 0 bridgehead atoms. The summed E-state index contributed by atoms with van der Waals surface area (Å²) in [6, 6.07) is 8.86.